The van der Waals surface area contributed by atoms with Gasteiger partial charge in [-0.2, -0.15) is 0 Å². The molecule has 0 amide bonds. The number of aromatic carboxylic acids is 1. The molecule has 0 spiro atoms. The van der Waals surface area contributed by atoms with Gasteiger partial charge in [0.15, 0.2) is 5.56 Å². The van der Waals surface area contributed by atoms with E-state index in [-0.39, 0.29) is 12.4 Å². The molecule has 8 heteroatoms. The van der Waals surface area contributed by atoms with Crippen LogP contribution in [0.1, 0.15) is 41.4 Å². The van der Waals surface area contributed by atoms with E-state index >= 15 is 0 Å². The van der Waals surface area contributed by atoms with Crippen molar-refractivity contribution in [3.05, 3.63) is 51.4 Å². The number of nitrogens with one attached hydrogen (secondary N) is 2. The van der Waals surface area contributed by atoms with Gasteiger partial charge in [-0.05, 0) is 55.5 Å². The van der Waals surface area contributed by atoms with Crippen molar-refractivity contribution in [1.82, 2.24) is 14.9 Å². The number of fused-ring (bicyclic) bond motifs is 1. The Morgan fingerprint density at radius 2 is 2.03 bits per heavy atom. The minimum atomic E-state index is -1.44. The summed E-state index contributed by atoms with van der Waals surface area (Å²) in [6.45, 7) is 3.65. The second kappa shape index (κ2) is 8.53. The van der Waals surface area contributed by atoms with E-state index in [1.807, 2.05) is 32.2 Å². The molecule has 0 saturated heterocycles. The summed E-state index contributed by atoms with van der Waals surface area (Å²) in [6.07, 6.45) is 3.02. The lowest BCUT2D eigenvalue weighted by molar-refractivity contribution is 0.0691. The van der Waals surface area contributed by atoms with E-state index in [0.29, 0.717) is 17.7 Å². The van der Waals surface area contributed by atoms with Crippen molar-refractivity contribution >= 4 is 29.3 Å². The van der Waals surface area contributed by atoms with Crippen molar-refractivity contribution in [2.45, 2.75) is 32.7 Å². The van der Waals surface area contributed by atoms with E-state index in [9.17, 15) is 19.8 Å². The van der Waals surface area contributed by atoms with Crippen LogP contribution in [0, 0.1) is 5.92 Å². The molecule has 1 fully saturated rings. The number of carboxylic acid groups (broad SMARTS) is 1. The van der Waals surface area contributed by atoms with Gasteiger partial charge in [0.2, 0.25) is 0 Å². The fourth-order valence-electron chi connectivity index (χ4n) is 3.88. The highest BCUT2D eigenvalue weighted by Gasteiger charge is 2.22. The van der Waals surface area contributed by atoms with Crippen molar-refractivity contribution < 1.29 is 15.0 Å². The van der Waals surface area contributed by atoms with Gasteiger partial charge in [-0.1, -0.05) is 13.0 Å². The molecule has 1 aliphatic rings. The summed E-state index contributed by atoms with van der Waals surface area (Å²) in [6, 6.07) is 7.95. The number of carbonyl (C=O) groups is 1. The van der Waals surface area contributed by atoms with Crippen molar-refractivity contribution in [3.63, 3.8) is 0 Å². The molecule has 0 radical (unpaired) electrons. The van der Waals surface area contributed by atoms with Crippen LogP contribution in [0.15, 0.2) is 29.1 Å². The molecule has 4 N–H and O–H groups in total. The summed E-state index contributed by atoms with van der Waals surface area (Å²) >= 11 is 0. The third kappa shape index (κ3) is 3.95. The molecule has 30 heavy (non-hydrogen) atoms. The molecular formula is C22H26ClN3O4. The van der Waals surface area contributed by atoms with Gasteiger partial charge in [0, 0.05) is 35.8 Å². The first-order chi connectivity index (χ1) is 13.9. The molecule has 4 rings (SSSR count). The third-order valence-electron chi connectivity index (χ3n) is 5.72. The zero-order valence-electron chi connectivity index (χ0n) is 17.0. The van der Waals surface area contributed by atoms with Gasteiger partial charge in [-0.15, -0.1) is 12.4 Å². The number of hydrogen-bond acceptors (Lipinski definition) is 4. The third-order valence-corrected chi connectivity index (χ3v) is 5.72. The number of pyridine rings is 1. The molecule has 1 aliphatic carbocycles. The van der Waals surface area contributed by atoms with Crippen LogP contribution in [0.3, 0.4) is 0 Å². The Labute approximate surface area is 180 Å². The minimum absolute atomic E-state index is 0. The Balaban J connectivity index is 0.00000256. The van der Waals surface area contributed by atoms with Crippen LogP contribution < -0.4 is 10.9 Å². The standard InChI is InChI=1S/C22H25N3O4.ClH/c1-3-16-19(24-21(27)18(20(16)26)22(28)29)13-6-7-17-14(8-13)9-15(25(17)2)11-23-10-12-4-5-12;/h6-9,12,23H,3-5,10-11H2,1-2H3,(H,28,29)(H2,24,26,27);1H. The monoisotopic (exact) mass is 431 g/mol. The van der Waals surface area contributed by atoms with Gasteiger partial charge in [0.05, 0.1) is 5.69 Å². The summed E-state index contributed by atoms with van der Waals surface area (Å²) in [7, 11) is 2.03. The SMILES string of the molecule is CCc1c(-c2ccc3c(c2)cc(CNCC2CC2)n3C)[nH]c(=O)c(C(=O)O)c1O.Cl. The summed E-state index contributed by atoms with van der Waals surface area (Å²) in [5.74, 6) is -1.08. The molecular weight excluding hydrogens is 406 g/mol. The molecule has 0 aliphatic heterocycles. The first-order valence-corrected chi connectivity index (χ1v) is 9.91. The van der Waals surface area contributed by atoms with Gasteiger partial charge < -0.3 is 25.1 Å². The van der Waals surface area contributed by atoms with Gasteiger partial charge in [0.1, 0.15) is 5.75 Å². The number of halogens is 1. The zero-order valence-corrected chi connectivity index (χ0v) is 17.8. The molecule has 0 bridgehead atoms. The van der Waals surface area contributed by atoms with Crippen LogP contribution in [0.25, 0.3) is 22.2 Å². The number of nitrogens with zero attached hydrogens (tertiary/aromatic N) is 1. The number of H-pyrrole nitrogens is 1. The number of aromatic hydroxyl groups is 1. The van der Waals surface area contributed by atoms with Crippen LogP contribution in [0.2, 0.25) is 0 Å². The molecule has 3 aromatic rings. The number of carboxylic acids is 1. The molecule has 2 aromatic heterocycles. The lowest BCUT2D eigenvalue weighted by Gasteiger charge is -2.12. The highest BCUT2D eigenvalue weighted by Crippen LogP contribution is 2.32. The van der Waals surface area contributed by atoms with Crippen molar-refractivity contribution in [2.75, 3.05) is 6.54 Å². The predicted octanol–water partition coefficient (Wildman–Crippen LogP) is 3.42. The van der Waals surface area contributed by atoms with Gasteiger partial charge >= 0.3 is 5.97 Å². The highest BCUT2D eigenvalue weighted by molar-refractivity contribution is 5.92. The topological polar surface area (TPSA) is 107 Å². The van der Waals surface area contributed by atoms with Crippen molar-refractivity contribution in [2.24, 2.45) is 13.0 Å². The van der Waals surface area contributed by atoms with Gasteiger partial charge in [-0.3, -0.25) is 4.79 Å². The molecule has 160 valence electrons. The van der Waals surface area contributed by atoms with Crippen LogP contribution in [0.4, 0.5) is 0 Å². The largest absolute Gasteiger partial charge is 0.506 e. The first-order valence-electron chi connectivity index (χ1n) is 9.91. The maximum Gasteiger partial charge on any atom is 0.345 e. The molecule has 0 atom stereocenters. The normalized spacial score (nSPS) is 13.4. The van der Waals surface area contributed by atoms with Crippen molar-refractivity contribution in [1.29, 1.82) is 0 Å². The summed E-state index contributed by atoms with van der Waals surface area (Å²) in [5, 5.41) is 24.1. The van der Waals surface area contributed by atoms with Crippen LogP contribution in [-0.4, -0.2) is 32.3 Å². The minimum Gasteiger partial charge on any atom is -0.506 e. The Bertz CT molecular complexity index is 1160. The predicted molar refractivity (Wildman–Crippen MR) is 119 cm³/mol. The molecule has 1 saturated carbocycles. The zero-order chi connectivity index (χ0) is 20.7. The molecule has 0 unspecified atom stereocenters. The number of rotatable bonds is 7. The number of aryl methyl sites for hydroxylation is 1. The van der Waals surface area contributed by atoms with E-state index in [0.717, 1.165) is 35.5 Å². The molecule has 1 aromatic carbocycles. The molecule has 7 nitrogen and oxygen atoms in total. The van der Waals surface area contributed by atoms with Crippen molar-refractivity contribution in [3.8, 4) is 17.0 Å². The second-order valence-corrected chi connectivity index (χ2v) is 7.73. The maximum atomic E-state index is 12.2. The number of benzene rings is 1. The quantitative estimate of drug-likeness (QED) is 0.458. The lowest BCUT2D eigenvalue weighted by Crippen LogP contribution is -2.20. The highest BCUT2D eigenvalue weighted by atomic mass is 35.5. The number of aromatic nitrogens is 2. The maximum absolute atomic E-state index is 12.2. The van der Waals surface area contributed by atoms with Crippen LogP contribution >= 0.6 is 12.4 Å². The molecule has 2 heterocycles. The van der Waals surface area contributed by atoms with Crippen LogP contribution in [0.5, 0.6) is 5.75 Å². The smallest absolute Gasteiger partial charge is 0.345 e. The summed E-state index contributed by atoms with van der Waals surface area (Å²) in [4.78, 5) is 26.2. The van der Waals surface area contributed by atoms with Gasteiger partial charge in [-0.25, -0.2) is 4.79 Å². The Morgan fingerprint density at radius 3 is 2.67 bits per heavy atom. The Morgan fingerprint density at radius 1 is 1.30 bits per heavy atom. The van der Waals surface area contributed by atoms with E-state index in [2.05, 4.69) is 20.9 Å². The summed E-state index contributed by atoms with van der Waals surface area (Å²) in [5.41, 5.74) is 2.44. The van der Waals surface area contributed by atoms with Gasteiger partial charge in [0.25, 0.3) is 5.56 Å². The Hall–Kier alpha value is -2.77. The lowest BCUT2D eigenvalue weighted by atomic mass is 9.99. The van der Waals surface area contributed by atoms with E-state index in [1.54, 1.807) is 0 Å². The average molecular weight is 432 g/mol. The van der Waals surface area contributed by atoms with Crippen LogP contribution in [-0.2, 0) is 20.0 Å². The fraction of sp³-hybridized carbons (Fsp3) is 0.364. The summed E-state index contributed by atoms with van der Waals surface area (Å²) < 4.78 is 2.15. The average Bonchev–Trinajstić information content (AvgIpc) is 3.45. The van der Waals surface area contributed by atoms with E-state index in [1.165, 1.54) is 18.5 Å². The second-order valence-electron chi connectivity index (χ2n) is 7.73. The van der Waals surface area contributed by atoms with E-state index in [4.69, 9.17) is 0 Å². The fourth-order valence-corrected chi connectivity index (χ4v) is 3.88. The van der Waals surface area contributed by atoms with E-state index < -0.39 is 22.8 Å². The first kappa shape index (κ1) is 21.9. The number of hydrogen-bond donors (Lipinski definition) is 4. The number of aromatic amines is 1. The Kier molecular flexibility index (Phi) is 6.24.